The van der Waals surface area contributed by atoms with E-state index in [4.69, 9.17) is 4.98 Å². The first-order valence-corrected chi connectivity index (χ1v) is 8.61. The van der Waals surface area contributed by atoms with Crippen LogP contribution in [0.15, 0.2) is 29.4 Å². The number of carbonyl (C=O) groups excluding carboxylic acids is 1. The van der Waals surface area contributed by atoms with Gasteiger partial charge in [-0.25, -0.2) is 14.8 Å². The third-order valence-corrected chi connectivity index (χ3v) is 5.50. The van der Waals surface area contributed by atoms with E-state index in [9.17, 15) is 4.79 Å². The number of anilines is 1. The van der Waals surface area contributed by atoms with Gasteiger partial charge in [0.15, 0.2) is 5.13 Å². The summed E-state index contributed by atoms with van der Waals surface area (Å²) in [5.74, 6) is 0.685. The number of methoxy groups -OCH3 is 1. The van der Waals surface area contributed by atoms with Crippen LogP contribution < -0.4 is 5.32 Å². The van der Waals surface area contributed by atoms with E-state index in [0.717, 1.165) is 10.8 Å². The van der Waals surface area contributed by atoms with Crippen LogP contribution in [0, 0.1) is 0 Å². The fraction of sp³-hybridized carbons (Fsp3) is 0.471. The molecule has 7 heteroatoms. The lowest BCUT2D eigenvalue weighted by Gasteiger charge is -2.32. The first kappa shape index (κ1) is 16.7. The molecule has 1 aliphatic carbocycles. The highest BCUT2D eigenvalue weighted by Gasteiger charge is 2.36. The van der Waals surface area contributed by atoms with Crippen molar-refractivity contribution in [3.05, 3.63) is 35.0 Å². The number of rotatable bonds is 1. The molecule has 2 heterocycles. The zero-order valence-corrected chi connectivity index (χ0v) is 15.4. The largest absolute Gasteiger partial charge is 0.452 e. The highest BCUT2D eigenvalue weighted by molar-refractivity contribution is 7.16. The summed E-state index contributed by atoms with van der Waals surface area (Å²) in [5.41, 5.74) is 1.01. The Morgan fingerprint density at radius 3 is 2.58 bits per heavy atom. The summed E-state index contributed by atoms with van der Waals surface area (Å²) in [4.78, 5) is 23.3. The highest BCUT2D eigenvalue weighted by atomic mass is 32.1. The van der Waals surface area contributed by atoms with E-state index in [1.54, 1.807) is 23.6 Å². The van der Waals surface area contributed by atoms with Crippen LogP contribution in [-0.4, -0.2) is 35.6 Å². The summed E-state index contributed by atoms with van der Waals surface area (Å²) in [6.07, 6.45) is 7.46. The zero-order valence-electron chi connectivity index (χ0n) is 14.6. The fourth-order valence-electron chi connectivity index (χ4n) is 2.66. The van der Waals surface area contributed by atoms with Crippen molar-refractivity contribution in [1.29, 1.82) is 0 Å². The number of carbonyl (C=O) groups is 1. The minimum Gasteiger partial charge on any atom is -0.452 e. The molecular formula is C17H22N4O2S. The van der Waals surface area contributed by atoms with E-state index < -0.39 is 6.09 Å². The third-order valence-electron chi connectivity index (χ3n) is 4.19. The maximum absolute atomic E-state index is 11.5. The van der Waals surface area contributed by atoms with E-state index >= 15 is 0 Å². The van der Waals surface area contributed by atoms with Crippen LogP contribution in [0.5, 0.6) is 0 Å². The summed E-state index contributed by atoms with van der Waals surface area (Å²) in [6, 6.07) is 0. The van der Waals surface area contributed by atoms with Gasteiger partial charge in [-0.3, -0.25) is 4.90 Å². The van der Waals surface area contributed by atoms with Crippen molar-refractivity contribution >= 4 is 28.4 Å². The molecule has 2 aliphatic rings. The quantitative estimate of drug-likeness (QED) is 0.789. The molecule has 0 spiro atoms. The topological polar surface area (TPSA) is 66.8 Å². The van der Waals surface area contributed by atoms with E-state index in [-0.39, 0.29) is 17.5 Å². The van der Waals surface area contributed by atoms with Crippen molar-refractivity contribution < 1.29 is 9.53 Å². The van der Waals surface area contributed by atoms with Crippen molar-refractivity contribution in [2.45, 2.75) is 38.5 Å². The van der Waals surface area contributed by atoms with E-state index in [1.165, 1.54) is 16.9 Å². The number of thiazole rings is 1. The Morgan fingerprint density at radius 2 is 2.00 bits per heavy atom. The SMILES string of the molecule is COC(=O)N1C=CC(Nc2nc3c(s2)C(C)(C)C=CC3(C)C)=NC1. The first-order chi connectivity index (χ1) is 11.2. The molecule has 1 aromatic heterocycles. The molecule has 1 amide bonds. The Balaban J connectivity index is 1.80. The van der Waals surface area contributed by atoms with Gasteiger partial charge in [0.25, 0.3) is 0 Å². The number of hydrogen-bond donors (Lipinski definition) is 1. The maximum atomic E-state index is 11.5. The van der Waals surface area contributed by atoms with Crippen molar-refractivity contribution in [2.75, 3.05) is 19.1 Å². The zero-order chi connectivity index (χ0) is 17.5. The third kappa shape index (κ3) is 2.96. The number of fused-ring (bicyclic) bond motifs is 1. The molecular weight excluding hydrogens is 324 g/mol. The number of hydrogen-bond acceptors (Lipinski definition) is 6. The first-order valence-electron chi connectivity index (χ1n) is 7.79. The van der Waals surface area contributed by atoms with Gasteiger partial charge in [-0.15, -0.1) is 11.3 Å². The number of aliphatic imine (C=N–C) groups is 1. The molecule has 0 atom stereocenters. The van der Waals surface area contributed by atoms with Crippen LogP contribution in [0.3, 0.4) is 0 Å². The van der Waals surface area contributed by atoms with Gasteiger partial charge in [-0.05, 0) is 6.08 Å². The van der Waals surface area contributed by atoms with Crippen LogP contribution in [0.4, 0.5) is 9.93 Å². The second-order valence-electron chi connectivity index (χ2n) is 7.04. The Morgan fingerprint density at radius 1 is 1.29 bits per heavy atom. The number of allylic oxidation sites excluding steroid dienone is 2. The predicted octanol–water partition coefficient (Wildman–Crippen LogP) is 3.63. The highest BCUT2D eigenvalue weighted by Crippen LogP contribution is 2.45. The minimum atomic E-state index is -0.423. The van der Waals surface area contributed by atoms with Gasteiger partial charge in [0.2, 0.25) is 0 Å². The number of amidine groups is 1. The van der Waals surface area contributed by atoms with Crippen molar-refractivity contribution in [1.82, 2.24) is 9.88 Å². The average molecular weight is 346 g/mol. The molecule has 0 fully saturated rings. The lowest BCUT2D eigenvalue weighted by atomic mass is 9.75. The standard InChI is InChI=1S/C17H22N4O2S/c1-16(2)7-8-17(3,4)13-12(16)20-14(24-13)19-11-6-9-21(10-18-11)15(22)23-5/h6-9H,10H2,1-5H3,(H,18,19,20). The molecule has 128 valence electrons. The molecule has 6 nitrogen and oxygen atoms in total. The number of nitrogens with zero attached hydrogens (tertiary/aromatic N) is 3. The summed E-state index contributed by atoms with van der Waals surface area (Å²) in [6.45, 7) is 8.98. The Bertz CT molecular complexity index is 723. The average Bonchev–Trinajstić information content (AvgIpc) is 2.98. The summed E-state index contributed by atoms with van der Waals surface area (Å²) >= 11 is 1.66. The molecule has 1 aliphatic heterocycles. The van der Waals surface area contributed by atoms with Crippen LogP contribution in [0.1, 0.15) is 38.3 Å². The van der Waals surface area contributed by atoms with Gasteiger partial charge in [-0.1, -0.05) is 39.8 Å². The fourth-order valence-corrected chi connectivity index (χ4v) is 3.88. The molecule has 1 aromatic rings. The molecule has 0 saturated carbocycles. The molecule has 24 heavy (non-hydrogen) atoms. The number of aromatic nitrogens is 1. The summed E-state index contributed by atoms with van der Waals surface area (Å²) in [7, 11) is 1.35. The normalized spacial score (nSPS) is 20.4. The smallest absolute Gasteiger partial charge is 0.415 e. The minimum absolute atomic E-state index is 0.0195. The van der Waals surface area contributed by atoms with Gasteiger partial charge in [0.05, 0.1) is 12.8 Å². The lowest BCUT2D eigenvalue weighted by Crippen LogP contribution is -2.30. The number of ether oxygens (including phenoxy) is 1. The molecule has 0 aromatic carbocycles. The molecule has 0 radical (unpaired) electrons. The van der Waals surface area contributed by atoms with Crippen LogP contribution in [0.2, 0.25) is 0 Å². The number of nitrogens with one attached hydrogen (secondary N) is 1. The monoisotopic (exact) mass is 346 g/mol. The molecule has 0 bridgehead atoms. The van der Waals surface area contributed by atoms with E-state index in [0.29, 0.717) is 5.84 Å². The van der Waals surface area contributed by atoms with Crippen molar-refractivity contribution in [3.8, 4) is 0 Å². The van der Waals surface area contributed by atoms with Gasteiger partial charge < -0.3 is 10.1 Å². The van der Waals surface area contributed by atoms with Gasteiger partial charge in [-0.2, -0.15) is 0 Å². The Labute approximate surface area is 145 Å². The van der Waals surface area contributed by atoms with Crippen LogP contribution in [0.25, 0.3) is 0 Å². The predicted molar refractivity (Wildman–Crippen MR) is 96.6 cm³/mol. The lowest BCUT2D eigenvalue weighted by molar-refractivity contribution is 0.140. The maximum Gasteiger partial charge on any atom is 0.415 e. The molecule has 0 unspecified atom stereocenters. The van der Waals surface area contributed by atoms with Gasteiger partial charge >= 0.3 is 6.09 Å². The van der Waals surface area contributed by atoms with E-state index in [2.05, 4.69) is 54.9 Å². The van der Waals surface area contributed by atoms with Gasteiger partial charge in [0.1, 0.15) is 12.5 Å². The van der Waals surface area contributed by atoms with Crippen molar-refractivity contribution in [2.24, 2.45) is 4.99 Å². The Hall–Kier alpha value is -2.15. The summed E-state index contributed by atoms with van der Waals surface area (Å²) in [5, 5.41) is 4.07. The van der Waals surface area contributed by atoms with Crippen molar-refractivity contribution in [3.63, 3.8) is 0 Å². The summed E-state index contributed by atoms with van der Waals surface area (Å²) < 4.78 is 4.67. The molecule has 3 rings (SSSR count). The second-order valence-corrected chi connectivity index (χ2v) is 8.04. The Kier molecular flexibility index (Phi) is 3.99. The molecule has 1 N–H and O–H groups in total. The van der Waals surface area contributed by atoms with E-state index in [1.807, 2.05) is 0 Å². The second kappa shape index (κ2) is 5.73. The van der Waals surface area contributed by atoms with Gasteiger partial charge in [0, 0.05) is 21.9 Å². The van der Waals surface area contributed by atoms with Crippen LogP contribution in [-0.2, 0) is 15.6 Å². The van der Waals surface area contributed by atoms with Crippen LogP contribution >= 0.6 is 11.3 Å². The number of amides is 1. The molecule has 0 saturated heterocycles.